The van der Waals surface area contributed by atoms with Crippen molar-refractivity contribution in [2.75, 3.05) is 7.11 Å². The summed E-state index contributed by atoms with van der Waals surface area (Å²) >= 11 is 0. The van der Waals surface area contributed by atoms with Gasteiger partial charge in [-0.25, -0.2) is 0 Å². The highest BCUT2D eigenvalue weighted by molar-refractivity contribution is 5.21. The van der Waals surface area contributed by atoms with E-state index in [0.29, 0.717) is 10.2 Å². The van der Waals surface area contributed by atoms with Gasteiger partial charge in [-0.15, -0.1) is 0 Å². The largest absolute Gasteiger partial charge is 0.481 e. The zero-order valence-electron chi connectivity index (χ0n) is 6.21. The van der Waals surface area contributed by atoms with Crippen LogP contribution in [0.2, 0.25) is 0 Å². The summed E-state index contributed by atoms with van der Waals surface area (Å²) in [4.78, 5) is 0. The zero-order valence-corrected chi connectivity index (χ0v) is 6.21. The summed E-state index contributed by atoms with van der Waals surface area (Å²) < 4.78 is 29.3. The van der Waals surface area contributed by atoms with Gasteiger partial charge in [-0.3, -0.25) is 0 Å². The van der Waals surface area contributed by atoms with E-state index in [2.05, 4.69) is 5.10 Å². The molecule has 1 aromatic heterocycles. The Bertz CT molecular complexity index is 247. The van der Waals surface area contributed by atoms with Crippen molar-refractivity contribution in [1.29, 1.82) is 0 Å². The lowest BCUT2D eigenvalue weighted by Crippen LogP contribution is -2.02. The summed E-state index contributed by atoms with van der Waals surface area (Å²) in [5.41, 5.74) is 0.604. The van der Waals surface area contributed by atoms with E-state index in [4.69, 9.17) is 4.74 Å². The number of hydrogen-bond acceptors (Lipinski definition) is 2. The van der Waals surface area contributed by atoms with Gasteiger partial charge in [0.15, 0.2) is 0 Å². The lowest BCUT2D eigenvalue weighted by Gasteiger charge is -2.04. The summed E-state index contributed by atoms with van der Waals surface area (Å²) in [5, 5.41) is 3.43. The lowest BCUT2D eigenvalue weighted by atomic mass is 10.4. The van der Waals surface area contributed by atoms with Gasteiger partial charge in [-0.1, -0.05) is 0 Å². The number of ether oxygens (including phenoxy) is 1. The minimum Gasteiger partial charge on any atom is -0.481 e. The Kier molecular flexibility index (Phi) is 2.07. The summed E-state index contributed by atoms with van der Waals surface area (Å²) in [6, 6.07) is 0. The number of methoxy groups -OCH3 is 1. The summed E-state index contributed by atoms with van der Waals surface area (Å²) in [7, 11) is 1.34. The fourth-order valence-electron chi connectivity index (χ4n) is 0.831. The Hall–Kier alpha value is -1.13. The van der Waals surface area contributed by atoms with Crippen LogP contribution in [0.4, 0.5) is 8.78 Å². The number of aromatic nitrogens is 2. The van der Waals surface area contributed by atoms with Crippen LogP contribution in [0.1, 0.15) is 12.1 Å². The van der Waals surface area contributed by atoms with Crippen molar-refractivity contribution in [2.45, 2.75) is 13.5 Å². The molecule has 11 heavy (non-hydrogen) atoms. The van der Waals surface area contributed by atoms with E-state index in [9.17, 15) is 8.78 Å². The van der Waals surface area contributed by atoms with Crippen LogP contribution in [0.25, 0.3) is 0 Å². The number of rotatable bonds is 2. The molecule has 0 N–H and O–H groups in total. The van der Waals surface area contributed by atoms with Crippen molar-refractivity contribution in [3.05, 3.63) is 11.8 Å². The van der Waals surface area contributed by atoms with Crippen molar-refractivity contribution in [3.8, 4) is 5.88 Å². The van der Waals surface area contributed by atoms with Crippen LogP contribution < -0.4 is 4.74 Å². The molecule has 1 rings (SSSR count). The van der Waals surface area contributed by atoms with E-state index < -0.39 is 6.55 Å². The quantitative estimate of drug-likeness (QED) is 0.660. The van der Waals surface area contributed by atoms with Gasteiger partial charge in [0, 0.05) is 5.56 Å². The molecule has 0 fully saturated rings. The Balaban J connectivity index is 3.05. The monoisotopic (exact) mass is 162 g/mol. The van der Waals surface area contributed by atoms with Crippen LogP contribution in [-0.2, 0) is 0 Å². The molecular weight excluding hydrogens is 154 g/mol. The van der Waals surface area contributed by atoms with Gasteiger partial charge in [0.1, 0.15) is 0 Å². The Morgan fingerprint density at radius 1 is 1.64 bits per heavy atom. The van der Waals surface area contributed by atoms with Crippen LogP contribution in [-0.4, -0.2) is 16.9 Å². The average Bonchev–Trinajstić information content (AvgIpc) is 2.30. The number of aryl methyl sites for hydroxylation is 1. The molecule has 0 radical (unpaired) electrons. The minimum absolute atomic E-state index is 0.111. The van der Waals surface area contributed by atoms with Gasteiger partial charge in [-0.2, -0.15) is 18.6 Å². The highest BCUT2D eigenvalue weighted by Crippen LogP contribution is 2.22. The van der Waals surface area contributed by atoms with E-state index in [1.807, 2.05) is 0 Å². The van der Waals surface area contributed by atoms with Crippen molar-refractivity contribution < 1.29 is 13.5 Å². The van der Waals surface area contributed by atoms with Crippen molar-refractivity contribution in [2.24, 2.45) is 0 Å². The predicted molar refractivity (Wildman–Crippen MR) is 34.8 cm³/mol. The van der Waals surface area contributed by atoms with Crippen LogP contribution in [0.15, 0.2) is 6.20 Å². The second-order valence-electron chi connectivity index (χ2n) is 2.06. The molecule has 1 aromatic rings. The Morgan fingerprint density at radius 3 is 2.64 bits per heavy atom. The first-order valence-corrected chi connectivity index (χ1v) is 3.03. The minimum atomic E-state index is -2.64. The van der Waals surface area contributed by atoms with Gasteiger partial charge in [0.05, 0.1) is 13.3 Å². The normalized spacial score (nSPS) is 10.6. The fraction of sp³-hybridized carbons (Fsp3) is 0.500. The average molecular weight is 162 g/mol. The molecule has 1 heterocycles. The molecule has 0 aliphatic heterocycles. The van der Waals surface area contributed by atoms with Crippen molar-refractivity contribution in [3.63, 3.8) is 0 Å². The maximum atomic E-state index is 12.0. The first-order valence-electron chi connectivity index (χ1n) is 3.03. The first kappa shape index (κ1) is 7.97. The second-order valence-corrected chi connectivity index (χ2v) is 2.06. The maximum absolute atomic E-state index is 12.0. The predicted octanol–water partition coefficient (Wildman–Crippen LogP) is 1.60. The van der Waals surface area contributed by atoms with E-state index in [-0.39, 0.29) is 5.88 Å². The van der Waals surface area contributed by atoms with E-state index in [0.717, 1.165) is 0 Å². The number of halogens is 2. The molecule has 0 amide bonds. The molecule has 62 valence electrons. The summed E-state index contributed by atoms with van der Waals surface area (Å²) in [6.07, 6.45) is 1.34. The molecular formula is C6H8F2N2O. The number of alkyl halides is 2. The van der Waals surface area contributed by atoms with E-state index in [1.54, 1.807) is 6.92 Å². The zero-order chi connectivity index (χ0) is 8.43. The van der Waals surface area contributed by atoms with E-state index in [1.165, 1.54) is 13.3 Å². The van der Waals surface area contributed by atoms with Crippen LogP contribution in [0.5, 0.6) is 5.88 Å². The van der Waals surface area contributed by atoms with Gasteiger partial charge in [-0.05, 0) is 6.92 Å². The Morgan fingerprint density at radius 2 is 2.27 bits per heavy atom. The molecule has 3 nitrogen and oxygen atoms in total. The molecule has 0 saturated carbocycles. The fourth-order valence-corrected chi connectivity index (χ4v) is 0.831. The molecule has 0 aromatic carbocycles. The van der Waals surface area contributed by atoms with Crippen LogP contribution in [0.3, 0.4) is 0 Å². The van der Waals surface area contributed by atoms with Gasteiger partial charge < -0.3 is 4.74 Å². The van der Waals surface area contributed by atoms with E-state index >= 15 is 0 Å². The first-order chi connectivity index (χ1) is 5.16. The third-order valence-corrected chi connectivity index (χ3v) is 1.30. The molecule has 0 bridgehead atoms. The summed E-state index contributed by atoms with van der Waals surface area (Å²) in [5.74, 6) is 0.111. The maximum Gasteiger partial charge on any atom is 0.336 e. The highest BCUT2D eigenvalue weighted by atomic mass is 19.3. The highest BCUT2D eigenvalue weighted by Gasteiger charge is 2.14. The topological polar surface area (TPSA) is 27.1 Å². The smallest absolute Gasteiger partial charge is 0.336 e. The van der Waals surface area contributed by atoms with Gasteiger partial charge in [0.25, 0.3) is 0 Å². The van der Waals surface area contributed by atoms with Crippen molar-refractivity contribution in [1.82, 2.24) is 9.78 Å². The van der Waals surface area contributed by atoms with Gasteiger partial charge >= 0.3 is 6.55 Å². The van der Waals surface area contributed by atoms with Crippen LogP contribution >= 0.6 is 0 Å². The third kappa shape index (κ3) is 1.31. The molecule has 0 spiro atoms. The van der Waals surface area contributed by atoms with Gasteiger partial charge in [0.2, 0.25) is 5.88 Å². The third-order valence-electron chi connectivity index (χ3n) is 1.30. The number of hydrogen-bond donors (Lipinski definition) is 0. The standard InChI is InChI=1S/C6H8F2N2O/c1-4-3-9-10(6(7)8)5(4)11-2/h3,6H,1-2H3. The van der Waals surface area contributed by atoms with Crippen molar-refractivity contribution >= 4 is 0 Å². The lowest BCUT2D eigenvalue weighted by molar-refractivity contribution is 0.0477. The Labute approximate surface area is 62.6 Å². The molecule has 0 aliphatic rings. The molecule has 0 unspecified atom stereocenters. The van der Waals surface area contributed by atoms with Crippen LogP contribution in [0, 0.1) is 6.92 Å². The molecule has 0 saturated heterocycles. The molecule has 0 aliphatic carbocycles. The SMILES string of the molecule is COc1c(C)cnn1C(F)F. The molecule has 5 heteroatoms. The second kappa shape index (κ2) is 2.86. The molecule has 0 atom stereocenters. The number of nitrogens with zero attached hydrogens (tertiary/aromatic N) is 2. The summed E-state index contributed by atoms with van der Waals surface area (Å²) in [6.45, 7) is -0.983.